The van der Waals surface area contributed by atoms with Gasteiger partial charge in [-0.1, -0.05) is 50.2 Å². The summed E-state index contributed by atoms with van der Waals surface area (Å²) in [7, 11) is 0. The number of aryl methyl sites for hydroxylation is 2. The Hall–Kier alpha value is -3.14. The van der Waals surface area contributed by atoms with Gasteiger partial charge in [0.1, 0.15) is 0 Å². The lowest BCUT2D eigenvalue weighted by atomic mass is 10.1. The molecule has 2 heterocycles. The maximum Gasteiger partial charge on any atom is 0.321 e. The van der Waals surface area contributed by atoms with Gasteiger partial charge in [0.05, 0.1) is 11.0 Å². The van der Waals surface area contributed by atoms with Crippen LogP contribution in [0.1, 0.15) is 34.6 Å². The summed E-state index contributed by atoms with van der Waals surface area (Å²) in [5.74, 6) is -1.08. The zero-order chi connectivity index (χ0) is 18.3. The molecule has 4 heteroatoms. The minimum atomic E-state index is -0.538. The number of carbonyl (C=O) groups excluding carboxylic acids is 2. The fraction of sp³-hybridized carbons (Fsp3) is 0.182. The van der Waals surface area contributed by atoms with Crippen molar-refractivity contribution in [2.75, 3.05) is 0 Å². The molecule has 0 radical (unpaired) electrons. The predicted octanol–water partition coefficient (Wildman–Crippen LogP) is 4.70. The van der Waals surface area contributed by atoms with Crippen LogP contribution in [0.3, 0.4) is 0 Å². The van der Waals surface area contributed by atoms with Gasteiger partial charge in [0.2, 0.25) is 0 Å². The van der Waals surface area contributed by atoms with Crippen molar-refractivity contribution in [3.05, 3.63) is 72.1 Å². The second-order valence-electron chi connectivity index (χ2n) is 6.40. The highest BCUT2D eigenvalue weighted by atomic mass is 16.2. The van der Waals surface area contributed by atoms with Gasteiger partial charge in [0.15, 0.2) is 0 Å². The zero-order valence-corrected chi connectivity index (χ0v) is 14.9. The van der Waals surface area contributed by atoms with Crippen molar-refractivity contribution < 1.29 is 9.59 Å². The summed E-state index contributed by atoms with van der Waals surface area (Å²) in [4.78, 5) is 26.0. The molecule has 4 nitrogen and oxygen atoms in total. The lowest BCUT2D eigenvalue weighted by molar-refractivity contribution is 0.0722. The first-order chi connectivity index (χ1) is 12.7. The Kier molecular flexibility index (Phi) is 3.96. The van der Waals surface area contributed by atoms with Crippen molar-refractivity contribution in [1.82, 2.24) is 9.13 Å². The SMILES string of the molecule is CCc1cn(C(=O)C(=O)n2cc(CC)c3ccccc32)c2ccccc12. The summed E-state index contributed by atoms with van der Waals surface area (Å²) in [6.45, 7) is 4.09. The third kappa shape index (κ3) is 2.37. The molecule has 4 aromatic rings. The number of fused-ring (bicyclic) bond motifs is 2. The number of para-hydroxylation sites is 2. The fourth-order valence-electron chi connectivity index (χ4n) is 3.61. The smallest absolute Gasteiger partial charge is 0.279 e. The van der Waals surface area contributed by atoms with Crippen LogP contribution in [0.5, 0.6) is 0 Å². The highest BCUT2D eigenvalue weighted by molar-refractivity contribution is 6.39. The van der Waals surface area contributed by atoms with Crippen LogP contribution >= 0.6 is 0 Å². The summed E-state index contributed by atoms with van der Waals surface area (Å²) in [5, 5.41) is 2.03. The Morgan fingerprint density at radius 1 is 0.692 bits per heavy atom. The van der Waals surface area contributed by atoms with Crippen LogP contribution in [-0.4, -0.2) is 20.9 Å². The number of carbonyl (C=O) groups is 2. The molecule has 0 saturated carbocycles. The van der Waals surface area contributed by atoms with Crippen LogP contribution in [-0.2, 0) is 12.8 Å². The second kappa shape index (κ2) is 6.30. The van der Waals surface area contributed by atoms with Gasteiger partial charge in [-0.15, -0.1) is 0 Å². The van der Waals surface area contributed by atoms with E-state index in [4.69, 9.17) is 0 Å². The summed E-state index contributed by atoms with van der Waals surface area (Å²) in [6, 6.07) is 15.4. The molecule has 26 heavy (non-hydrogen) atoms. The molecule has 0 N–H and O–H groups in total. The van der Waals surface area contributed by atoms with E-state index in [1.165, 1.54) is 9.13 Å². The van der Waals surface area contributed by atoms with Crippen LogP contribution in [0.15, 0.2) is 60.9 Å². The lowest BCUT2D eigenvalue weighted by Crippen LogP contribution is -2.26. The van der Waals surface area contributed by atoms with E-state index in [9.17, 15) is 9.59 Å². The Balaban J connectivity index is 1.84. The molecule has 2 aromatic carbocycles. The maximum absolute atomic E-state index is 13.0. The molecule has 0 spiro atoms. The molecule has 0 saturated heterocycles. The third-order valence-electron chi connectivity index (χ3n) is 4.97. The molecular weight excluding hydrogens is 324 g/mol. The molecule has 0 aliphatic rings. The topological polar surface area (TPSA) is 44.0 Å². The van der Waals surface area contributed by atoms with Crippen molar-refractivity contribution in [2.24, 2.45) is 0 Å². The van der Waals surface area contributed by atoms with E-state index < -0.39 is 11.8 Å². The molecule has 0 aliphatic carbocycles. The van der Waals surface area contributed by atoms with Gasteiger partial charge >= 0.3 is 11.8 Å². The van der Waals surface area contributed by atoms with E-state index in [-0.39, 0.29) is 0 Å². The normalized spacial score (nSPS) is 11.3. The number of nitrogens with zero attached hydrogens (tertiary/aromatic N) is 2. The van der Waals surface area contributed by atoms with Gasteiger partial charge in [0, 0.05) is 23.2 Å². The molecule has 130 valence electrons. The maximum atomic E-state index is 13.0. The quantitative estimate of drug-likeness (QED) is 0.495. The Morgan fingerprint density at radius 3 is 1.46 bits per heavy atom. The first kappa shape index (κ1) is 16.3. The molecule has 0 aliphatic heterocycles. The van der Waals surface area contributed by atoms with Crippen LogP contribution in [0.4, 0.5) is 0 Å². The lowest BCUT2D eigenvalue weighted by Gasteiger charge is -2.05. The molecule has 2 aromatic heterocycles. The summed E-state index contributed by atoms with van der Waals surface area (Å²) >= 11 is 0. The van der Waals surface area contributed by atoms with Crippen molar-refractivity contribution >= 4 is 33.6 Å². The van der Waals surface area contributed by atoms with Crippen molar-refractivity contribution in [1.29, 1.82) is 0 Å². The largest absolute Gasteiger partial charge is 0.321 e. The van der Waals surface area contributed by atoms with Crippen LogP contribution in [0.2, 0.25) is 0 Å². The second-order valence-corrected chi connectivity index (χ2v) is 6.40. The number of aromatic nitrogens is 2. The molecule has 0 fully saturated rings. The average Bonchev–Trinajstić information content (AvgIpc) is 3.25. The monoisotopic (exact) mass is 344 g/mol. The molecule has 4 rings (SSSR count). The summed E-state index contributed by atoms with van der Waals surface area (Å²) in [5.41, 5.74) is 3.67. The molecule has 0 unspecified atom stereocenters. The van der Waals surface area contributed by atoms with E-state index in [1.54, 1.807) is 12.4 Å². The van der Waals surface area contributed by atoms with Crippen LogP contribution < -0.4 is 0 Å². The predicted molar refractivity (Wildman–Crippen MR) is 104 cm³/mol. The van der Waals surface area contributed by atoms with Gasteiger partial charge in [-0.25, -0.2) is 0 Å². The molecule has 0 amide bonds. The van der Waals surface area contributed by atoms with Gasteiger partial charge in [0.25, 0.3) is 0 Å². The zero-order valence-electron chi connectivity index (χ0n) is 14.9. The van der Waals surface area contributed by atoms with Crippen molar-refractivity contribution in [2.45, 2.75) is 26.7 Å². The van der Waals surface area contributed by atoms with Gasteiger partial charge in [-0.05, 0) is 36.1 Å². The van der Waals surface area contributed by atoms with E-state index >= 15 is 0 Å². The van der Waals surface area contributed by atoms with Gasteiger partial charge in [-0.2, -0.15) is 0 Å². The number of hydrogen-bond donors (Lipinski definition) is 0. The van der Waals surface area contributed by atoms with E-state index in [0.717, 1.165) is 45.8 Å². The van der Waals surface area contributed by atoms with Gasteiger partial charge < -0.3 is 0 Å². The third-order valence-corrected chi connectivity index (χ3v) is 4.97. The van der Waals surface area contributed by atoms with Crippen LogP contribution in [0.25, 0.3) is 21.8 Å². The Bertz CT molecular complexity index is 1060. The van der Waals surface area contributed by atoms with E-state index in [0.29, 0.717) is 0 Å². The Labute approximate surface area is 151 Å². The highest BCUT2D eigenvalue weighted by Gasteiger charge is 2.23. The molecule has 0 bridgehead atoms. The molecule has 0 atom stereocenters. The minimum absolute atomic E-state index is 0.538. The average molecular weight is 344 g/mol. The van der Waals surface area contributed by atoms with E-state index in [2.05, 4.69) is 0 Å². The van der Waals surface area contributed by atoms with Crippen molar-refractivity contribution in [3.63, 3.8) is 0 Å². The standard InChI is InChI=1S/C22H20N2O2/c1-3-15-13-23(19-11-7-5-9-17(15)19)21(25)22(26)24-14-16(4-2)18-10-6-8-12-20(18)24/h5-14H,3-4H2,1-2H3. The molecular formula is C22H20N2O2. The minimum Gasteiger partial charge on any atom is -0.279 e. The number of benzene rings is 2. The first-order valence-corrected chi connectivity index (χ1v) is 8.92. The Morgan fingerprint density at radius 2 is 1.08 bits per heavy atom. The first-order valence-electron chi connectivity index (χ1n) is 8.92. The van der Waals surface area contributed by atoms with E-state index in [1.807, 2.05) is 62.4 Å². The summed E-state index contributed by atoms with van der Waals surface area (Å²) in [6.07, 6.45) is 5.19. The number of rotatable bonds is 2. The van der Waals surface area contributed by atoms with Crippen LogP contribution in [0, 0.1) is 0 Å². The fourth-order valence-corrected chi connectivity index (χ4v) is 3.61. The highest BCUT2D eigenvalue weighted by Crippen LogP contribution is 2.24. The summed E-state index contributed by atoms with van der Waals surface area (Å²) < 4.78 is 2.97. The van der Waals surface area contributed by atoms with Gasteiger partial charge in [-0.3, -0.25) is 18.7 Å². The number of hydrogen-bond acceptors (Lipinski definition) is 2. The van der Waals surface area contributed by atoms with Crippen molar-refractivity contribution in [3.8, 4) is 0 Å².